The van der Waals surface area contributed by atoms with Crippen molar-refractivity contribution in [2.75, 3.05) is 12.8 Å². The molecular formula is C10H15N5O2. The average molecular weight is 237 g/mol. The third-order valence-corrected chi connectivity index (χ3v) is 3.39. The van der Waals surface area contributed by atoms with Crippen molar-refractivity contribution in [3.63, 3.8) is 0 Å². The Morgan fingerprint density at radius 1 is 1.59 bits per heavy atom. The first-order chi connectivity index (χ1) is 7.91. The number of carbonyl (C=O) groups excluding carboxylic acids is 1. The second kappa shape index (κ2) is 3.54. The maximum absolute atomic E-state index is 12.0. The van der Waals surface area contributed by atoms with Crippen molar-refractivity contribution in [3.8, 4) is 0 Å². The van der Waals surface area contributed by atoms with Gasteiger partial charge in [0.25, 0.3) is 5.95 Å². The monoisotopic (exact) mass is 237 g/mol. The zero-order valence-corrected chi connectivity index (χ0v) is 10.3. The van der Waals surface area contributed by atoms with Crippen molar-refractivity contribution in [1.82, 2.24) is 14.8 Å². The number of esters is 1. The van der Waals surface area contributed by atoms with Crippen LogP contribution in [0, 0.1) is 5.92 Å². The fourth-order valence-electron chi connectivity index (χ4n) is 2.02. The quantitative estimate of drug-likeness (QED) is 0.717. The van der Waals surface area contributed by atoms with Gasteiger partial charge in [-0.05, 0) is 13.8 Å². The average Bonchev–Trinajstić information content (AvgIpc) is 2.66. The lowest BCUT2D eigenvalue weighted by atomic mass is 9.83. The Bertz CT molecular complexity index is 507. The van der Waals surface area contributed by atoms with Crippen molar-refractivity contribution in [2.45, 2.75) is 26.3 Å². The highest BCUT2D eigenvalue weighted by molar-refractivity contribution is 5.94. The molecule has 1 aromatic heterocycles. The zero-order valence-electron chi connectivity index (χ0n) is 10.3. The Hall–Kier alpha value is -1.92. The molecule has 1 aliphatic rings. The molecule has 2 N–H and O–H groups in total. The number of nitrogens with zero attached hydrogens (tertiary/aromatic N) is 4. The molecule has 7 nitrogen and oxygen atoms in total. The van der Waals surface area contributed by atoms with Gasteiger partial charge in [0.15, 0.2) is 5.54 Å². The van der Waals surface area contributed by atoms with Crippen molar-refractivity contribution >= 4 is 23.6 Å². The van der Waals surface area contributed by atoms with Gasteiger partial charge in [-0.2, -0.15) is 4.98 Å². The van der Waals surface area contributed by atoms with E-state index in [-0.39, 0.29) is 17.8 Å². The number of anilines is 1. The largest absolute Gasteiger partial charge is 0.467 e. The Morgan fingerprint density at radius 2 is 2.24 bits per heavy atom. The molecular weight excluding hydrogens is 222 g/mol. The van der Waals surface area contributed by atoms with Gasteiger partial charge < -0.3 is 10.5 Å². The van der Waals surface area contributed by atoms with E-state index < -0.39 is 5.54 Å². The first-order valence-corrected chi connectivity index (χ1v) is 5.28. The van der Waals surface area contributed by atoms with Crippen molar-refractivity contribution in [1.29, 1.82) is 0 Å². The van der Waals surface area contributed by atoms with Crippen LogP contribution in [-0.4, -0.2) is 33.6 Å². The lowest BCUT2D eigenvalue weighted by molar-refractivity contribution is -0.152. The van der Waals surface area contributed by atoms with E-state index in [0.717, 1.165) is 5.71 Å². The molecule has 0 saturated carbocycles. The molecule has 0 aliphatic carbocycles. The standard InChI is InChI=1S/C10H15N5O2/c1-5-6(2)12-9-13-8(11)14-15(9)10(5,3)7(16)17-4/h5H,1-4H3,(H2,11,14). The van der Waals surface area contributed by atoms with Gasteiger partial charge in [0.1, 0.15) is 0 Å². The molecule has 2 unspecified atom stereocenters. The molecule has 0 fully saturated rings. The first kappa shape index (κ1) is 11.6. The van der Waals surface area contributed by atoms with Crippen LogP contribution in [0.5, 0.6) is 0 Å². The van der Waals surface area contributed by atoms with E-state index in [1.54, 1.807) is 6.92 Å². The molecule has 2 rings (SSSR count). The minimum atomic E-state index is -0.958. The van der Waals surface area contributed by atoms with Gasteiger partial charge in [-0.1, -0.05) is 6.92 Å². The molecule has 0 amide bonds. The normalized spacial score (nSPS) is 27.3. The van der Waals surface area contributed by atoms with Crippen LogP contribution in [0.1, 0.15) is 20.8 Å². The minimum Gasteiger partial charge on any atom is -0.467 e. The zero-order chi connectivity index (χ0) is 12.8. The van der Waals surface area contributed by atoms with Crippen LogP contribution < -0.4 is 5.73 Å². The predicted molar refractivity (Wildman–Crippen MR) is 62.0 cm³/mol. The third kappa shape index (κ3) is 1.42. The second-order valence-corrected chi connectivity index (χ2v) is 4.30. The number of rotatable bonds is 1. The highest BCUT2D eigenvalue weighted by Gasteiger charge is 2.48. The molecule has 0 spiro atoms. The van der Waals surface area contributed by atoms with E-state index >= 15 is 0 Å². The number of nitrogen functional groups attached to an aromatic ring is 1. The number of hydrogen-bond donors (Lipinski definition) is 1. The summed E-state index contributed by atoms with van der Waals surface area (Å²) in [6.45, 7) is 5.50. The van der Waals surface area contributed by atoms with Crippen LogP contribution in [0.2, 0.25) is 0 Å². The van der Waals surface area contributed by atoms with Gasteiger partial charge in [0, 0.05) is 11.6 Å². The second-order valence-electron chi connectivity index (χ2n) is 4.30. The molecule has 1 aromatic rings. The van der Waals surface area contributed by atoms with Gasteiger partial charge in [0.2, 0.25) is 5.95 Å². The number of carbonyl (C=O) groups is 1. The highest BCUT2D eigenvalue weighted by atomic mass is 16.5. The Morgan fingerprint density at radius 3 is 2.82 bits per heavy atom. The number of methoxy groups -OCH3 is 1. The highest BCUT2D eigenvalue weighted by Crippen LogP contribution is 2.36. The van der Waals surface area contributed by atoms with Crippen LogP contribution in [0.4, 0.5) is 11.9 Å². The summed E-state index contributed by atoms with van der Waals surface area (Å²) in [7, 11) is 1.35. The lowest BCUT2D eigenvalue weighted by Crippen LogP contribution is -2.50. The maximum Gasteiger partial charge on any atom is 0.334 e. The minimum absolute atomic E-state index is 0.0979. The summed E-state index contributed by atoms with van der Waals surface area (Å²) in [5.41, 5.74) is 5.39. The van der Waals surface area contributed by atoms with E-state index in [2.05, 4.69) is 15.1 Å². The fourth-order valence-corrected chi connectivity index (χ4v) is 2.02. The van der Waals surface area contributed by atoms with E-state index in [4.69, 9.17) is 10.5 Å². The number of aliphatic imine (C=N–C) groups is 1. The SMILES string of the molecule is COC(=O)C1(C)C(C)C(C)=Nc2nc(N)nn21. The van der Waals surface area contributed by atoms with Crippen molar-refractivity contribution in [2.24, 2.45) is 10.9 Å². The summed E-state index contributed by atoms with van der Waals surface area (Å²) in [4.78, 5) is 20.3. The number of nitrogens with two attached hydrogens (primary N) is 1. The smallest absolute Gasteiger partial charge is 0.334 e. The summed E-state index contributed by atoms with van der Waals surface area (Å²) in [6.07, 6.45) is 0. The van der Waals surface area contributed by atoms with Crippen LogP contribution in [-0.2, 0) is 15.1 Å². The van der Waals surface area contributed by atoms with Gasteiger partial charge >= 0.3 is 5.97 Å². The number of hydrogen-bond acceptors (Lipinski definition) is 6. The molecule has 2 heterocycles. The summed E-state index contributed by atoms with van der Waals surface area (Å²) in [5.74, 6) is -0.0827. The van der Waals surface area contributed by atoms with Gasteiger partial charge in [-0.15, -0.1) is 5.10 Å². The van der Waals surface area contributed by atoms with Crippen LogP contribution in [0.25, 0.3) is 0 Å². The fraction of sp³-hybridized carbons (Fsp3) is 0.600. The van der Waals surface area contributed by atoms with E-state index in [1.165, 1.54) is 11.8 Å². The number of ether oxygens (including phenoxy) is 1. The topological polar surface area (TPSA) is 95.4 Å². The predicted octanol–water partition coefficient (Wildman–Crippen LogP) is 0.491. The third-order valence-electron chi connectivity index (χ3n) is 3.39. The Balaban J connectivity index is 2.66. The van der Waals surface area contributed by atoms with Crippen LogP contribution in [0.15, 0.2) is 4.99 Å². The van der Waals surface area contributed by atoms with Gasteiger partial charge in [0.05, 0.1) is 7.11 Å². The molecule has 2 atom stereocenters. The van der Waals surface area contributed by atoms with Gasteiger partial charge in [-0.25, -0.2) is 14.5 Å². The number of fused-ring (bicyclic) bond motifs is 1. The van der Waals surface area contributed by atoms with E-state index in [9.17, 15) is 4.79 Å². The molecule has 92 valence electrons. The van der Waals surface area contributed by atoms with E-state index in [1.807, 2.05) is 13.8 Å². The Kier molecular flexibility index (Phi) is 2.41. The molecule has 0 aromatic carbocycles. The van der Waals surface area contributed by atoms with Crippen molar-refractivity contribution in [3.05, 3.63) is 0 Å². The lowest BCUT2D eigenvalue weighted by Gasteiger charge is -2.35. The summed E-state index contributed by atoms with van der Waals surface area (Å²) in [6, 6.07) is 0. The molecule has 0 bridgehead atoms. The van der Waals surface area contributed by atoms with Crippen LogP contribution in [0.3, 0.4) is 0 Å². The summed E-state index contributed by atoms with van der Waals surface area (Å²) in [5, 5.41) is 4.03. The first-order valence-electron chi connectivity index (χ1n) is 5.28. The Labute approximate surface area is 98.7 Å². The molecule has 17 heavy (non-hydrogen) atoms. The van der Waals surface area contributed by atoms with Crippen LogP contribution >= 0.6 is 0 Å². The molecule has 7 heteroatoms. The van der Waals surface area contributed by atoms with Gasteiger partial charge in [-0.3, -0.25) is 0 Å². The molecule has 0 radical (unpaired) electrons. The molecule has 0 saturated heterocycles. The van der Waals surface area contributed by atoms with E-state index in [0.29, 0.717) is 5.95 Å². The molecule has 1 aliphatic heterocycles. The maximum atomic E-state index is 12.0. The van der Waals surface area contributed by atoms with Crippen molar-refractivity contribution < 1.29 is 9.53 Å². The summed E-state index contributed by atoms with van der Waals surface area (Å²) >= 11 is 0. The number of aromatic nitrogens is 3. The summed E-state index contributed by atoms with van der Waals surface area (Å²) < 4.78 is 6.29.